The number of hydrogen-bond donors (Lipinski definition) is 0. The van der Waals surface area contributed by atoms with Crippen molar-refractivity contribution in [2.75, 3.05) is 38.3 Å². The van der Waals surface area contributed by atoms with Crippen LogP contribution >= 0.6 is 35.5 Å². The van der Waals surface area contributed by atoms with Crippen molar-refractivity contribution >= 4 is 56.8 Å². The van der Waals surface area contributed by atoms with Gasteiger partial charge in [0.15, 0.2) is 5.13 Å². The second-order valence-corrected chi connectivity index (χ2v) is 8.79. The van der Waals surface area contributed by atoms with Crippen LogP contribution in [0.25, 0.3) is 10.2 Å². The zero-order valence-corrected chi connectivity index (χ0v) is 18.2. The van der Waals surface area contributed by atoms with Gasteiger partial charge in [0.2, 0.25) is 5.91 Å². The Morgan fingerprint density at radius 2 is 1.96 bits per heavy atom. The molecule has 0 aliphatic heterocycles. The number of likely N-dealkylation sites (N-methyl/N-ethyl adjacent to an activating group) is 1. The molecule has 0 atom stereocenters. The molecule has 0 unspecified atom stereocenters. The van der Waals surface area contributed by atoms with Gasteiger partial charge in [0, 0.05) is 23.9 Å². The van der Waals surface area contributed by atoms with Gasteiger partial charge in [-0.2, -0.15) is 0 Å². The van der Waals surface area contributed by atoms with Gasteiger partial charge in [-0.05, 0) is 45.3 Å². The second kappa shape index (κ2) is 9.93. The lowest BCUT2D eigenvalue weighted by Crippen LogP contribution is -2.41. The molecule has 0 spiro atoms. The lowest BCUT2D eigenvalue weighted by Gasteiger charge is -2.28. The summed E-state index contributed by atoms with van der Waals surface area (Å²) in [6.07, 6.45) is 7.74. The average Bonchev–Trinajstić information content (AvgIpc) is 3.06. The van der Waals surface area contributed by atoms with Crippen LogP contribution in [-0.2, 0) is 4.79 Å². The number of nitrogens with zero attached hydrogens (tertiary/aromatic N) is 3. The number of thioether (sulfide) groups is 1. The summed E-state index contributed by atoms with van der Waals surface area (Å²) < 4.78 is 1.16. The van der Waals surface area contributed by atoms with Gasteiger partial charge >= 0.3 is 0 Å². The number of carbonyl (C=O) groups is 1. The lowest BCUT2D eigenvalue weighted by molar-refractivity contribution is -0.123. The SMILES string of the molecule is CSc1cccc2sc(N(CCN(C)C)C(=O)C3CCCCC3)nc12.Cl. The number of rotatable bonds is 6. The van der Waals surface area contributed by atoms with Crippen LogP contribution in [0, 0.1) is 5.92 Å². The molecule has 1 aliphatic rings. The minimum absolute atomic E-state index is 0. The Hall–Kier alpha value is -0.820. The van der Waals surface area contributed by atoms with Crippen molar-refractivity contribution in [2.24, 2.45) is 5.92 Å². The first-order valence-corrected chi connectivity index (χ1v) is 11.0. The van der Waals surface area contributed by atoms with Crippen molar-refractivity contribution in [1.29, 1.82) is 0 Å². The van der Waals surface area contributed by atoms with Gasteiger partial charge in [-0.3, -0.25) is 9.69 Å². The molecular weight excluding hydrogens is 386 g/mol. The Morgan fingerprint density at radius 1 is 1.23 bits per heavy atom. The molecule has 1 heterocycles. The van der Waals surface area contributed by atoms with E-state index in [0.29, 0.717) is 6.54 Å². The molecule has 0 N–H and O–H groups in total. The monoisotopic (exact) mass is 413 g/mol. The van der Waals surface area contributed by atoms with Crippen molar-refractivity contribution in [1.82, 2.24) is 9.88 Å². The standard InChI is InChI=1S/C19H27N3OS2.ClH/c1-21(2)12-13-22(18(23)14-8-5-4-6-9-14)19-20-17-15(24-3)10-7-11-16(17)25-19;/h7,10-11,14H,4-6,8-9,12-13H2,1-3H3;1H. The number of para-hydroxylation sites is 1. The number of hydrogen-bond acceptors (Lipinski definition) is 5. The molecule has 1 aromatic carbocycles. The van der Waals surface area contributed by atoms with Crippen molar-refractivity contribution in [3.8, 4) is 0 Å². The number of aromatic nitrogens is 1. The van der Waals surface area contributed by atoms with E-state index in [0.717, 1.165) is 34.7 Å². The molecule has 1 amide bonds. The maximum absolute atomic E-state index is 13.2. The van der Waals surface area contributed by atoms with Crippen LogP contribution in [0.2, 0.25) is 0 Å². The first-order chi connectivity index (χ1) is 12.1. The van der Waals surface area contributed by atoms with E-state index in [9.17, 15) is 4.79 Å². The lowest BCUT2D eigenvalue weighted by atomic mass is 9.88. The molecule has 0 saturated heterocycles. The van der Waals surface area contributed by atoms with E-state index in [1.165, 1.54) is 24.2 Å². The van der Waals surface area contributed by atoms with E-state index in [-0.39, 0.29) is 24.2 Å². The van der Waals surface area contributed by atoms with E-state index in [4.69, 9.17) is 4.98 Å². The summed E-state index contributed by atoms with van der Waals surface area (Å²) in [5, 5.41) is 0.855. The highest BCUT2D eigenvalue weighted by Crippen LogP contribution is 2.35. The van der Waals surface area contributed by atoms with Crippen LogP contribution in [0.3, 0.4) is 0 Å². The van der Waals surface area contributed by atoms with Crippen molar-refractivity contribution in [3.05, 3.63) is 18.2 Å². The smallest absolute Gasteiger partial charge is 0.231 e. The number of amides is 1. The molecule has 1 aliphatic carbocycles. The van der Waals surface area contributed by atoms with E-state index >= 15 is 0 Å². The number of fused-ring (bicyclic) bond motifs is 1. The van der Waals surface area contributed by atoms with Crippen molar-refractivity contribution < 1.29 is 4.79 Å². The van der Waals surface area contributed by atoms with Gasteiger partial charge in [-0.1, -0.05) is 36.7 Å². The summed E-state index contributed by atoms with van der Waals surface area (Å²) in [5.74, 6) is 0.439. The molecule has 144 valence electrons. The van der Waals surface area contributed by atoms with Gasteiger partial charge in [0.1, 0.15) is 0 Å². The van der Waals surface area contributed by atoms with Gasteiger partial charge in [-0.25, -0.2) is 4.98 Å². The van der Waals surface area contributed by atoms with Crippen molar-refractivity contribution in [2.45, 2.75) is 37.0 Å². The second-order valence-electron chi connectivity index (χ2n) is 6.93. The number of halogens is 1. The van der Waals surface area contributed by atoms with Gasteiger partial charge in [0.25, 0.3) is 0 Å². The van der Waals surface area contributed by atoms with Gasteiger partial charge in [0.05, 0.1) is 10.2 Å². The molecule has 3 rings (SSSR count). The van der Waals surface area contributed by atoms with Crippen LogP contribution < -0.4 is 4.90 Å². The summed E-state index contributed by atoms with van der Waals surface area (Å²) in [4.78, 5) is 23.3. The molecule has 0 bridgehead atoms. The molecule has 2 aromatic rings. The maximum atomic E-state index is 13.2. The fourth-order valence-corrected chi connectivity index (χ4v) is 5.01. The summed E-state index contributed by atoms with van der Waals surface area (Å²) in [5.41, 5.74) is 1.03. The van der Waals surface area contributed by atoms with Crippen LogP contribution in [0.15, 0.2) is 23.1 Å². The highest BCUT2D eigenvalue weighted by Gasteiger charge is 2.28. The minimum atomic E-state index is 0. The van der Waals surface area contributed by atoms with Crippen LogP contribution in [-0.4, -0.2) is 49.2 Å². The Morgan fingerprint density at radius 3 is 2.62 bits per heavy atom. The fraction of sp³-hybridized carbons (Fsp3) is 0.579. The Bertz CT molecular complexity index is 729. The Kier molecular flexibility index (Phi) is 8.20. The number of thiazole rings is 1. The van der Waals surface area contributed by atoms with Gasteiger partial charge in [-0.15, -0.1) is 24.2 Å². The zero-order chi connectivity index (χ0) is 17.8. The molecule has 4 nitrogen and oxygen atoms in total. The average molecular weight is 414 g/mol. The van der Waals surface area contributed by atoms with Crippen LogP contribution in [0.5, 0.6) is 0 Å². The van der Waals surface area contributed by atoms with E-state index in [1.54, 1.807) is 23.1 Å². The molecule has 0 radical (unpaired) electrons. The van der Waals surface area contributed by atoms with Crippen molar-refractivity contribution in [3.63, 3.8) is 0 Å². The number of anilines is 1. The minimum Gasteiger partial charge on any atom is -0.308 e. The largest absolute Gasteiger partial charge is 0.308 e. The summed E-state index contributed by atoms with van der Waals surface area (Å²) in [6.45, 7) is 1.56. The maximum Gasteiger partial charge on any atom is 0.231 e. The topological polar surface area (TPSA) is 36.4 Å². The van der Waals surface area contributed by atoms with Crippen LogP contribution in [0.4, 0.5) is 5.13 Å². The molecule has 1 saturated carbocycles. The summed E-state index contributed by atoms with van der Waals surface area (Å²) >= 11 is 3.35. The van der Waals surface area contributed by atoms with Gasteiger partial charge < -0.3 is 4.90 Å². The predicted octanol–water partition coefficient (Wildman–Crippen LogP) is 4.91. The number of benzene rings is 1. The first-order valence-electron chi connectivity index (χ1n) is 9.00. The molecule has 7 heteroatoms. The highest BCUT2D eigenvalue weighted by molar-refractivity contribution is 7.98. The highest BCUT2D eigenvalue weighted by atomic mass is 35.5. The normalized spacial score (nSPS) is 15.2. The molecule has 26 heavy (non-hydrogen) atoms. The first kappa shape index (κ1) is 21.5. The predicted molar refractivity (Wildman–Crippen MR) is 116 cm³/mol. The van der Waals surface area contributed by atoms with Crippen LogP contribution in [0.1, 0.15) is 32.1 Å². The number of carbonyl (C=O) groups excluding carboxylic acids is 1. The third-order valence-electron chi connectivity index (χ3n) is 4.81. The summed E-state index contributed by atoms with van der Waals surface area (Å²) in [7, 11) is 4.10. The molecular formula is C19H28ClN3OS2. The molecule has 1 aromatic heterocycles. The van der Waals surface area contributed by atoms with E-state index in [2.05, 4.69) is 29.4 Å². The fourth-order valence-electron chi connectivity index (χ4n) is 3.36. The Labute approximate surface area is 170 Å². The zero-order valence-electron chi connectivity index (χ0n) is 15.7. The van der Waals surface area contributed by atoms with E-state index in [1.807, 2.05) is 19.0 Å². The van der Waals surface area contributed by atoms with E-state index < -0.39 is 0 Å². The summed E-state index contributed by atoms with van der Waals surface area (Å²) in [6, 6.07) is 6.28. The Balaban J connectivity index is 0.00000243. The molecule has 1 fully saturated rings. The third kappa shape index (κ3) is 4.91. The third-order valence-corrected chi connectivity index (χ3v) is 6.63. The quantitative estimate of drug-likeness (QED) is 0.630.